The second-order valence-electron chi connectivity index (χ2n) is 5.17. The highest BCUT2D eigenvalue weighted by Crippen LogP contribution is 2.45. The molecule has 2 rings (SSSR count). The molecule has 1 aromatic heterocycles. The van der Waals surface area contributed by atoms with Gasteiger partial charge in [0, 0.05) is 9.85 Å². The molecular formula is C13H20BrNS. The maximum atomic E-state index is 3.65. The van der Waals surface area contributed by atoms with Crippen LogP contribution in [0.3, 0.4) is 0 Å². The van der Waals surface area contributed by atoms with Crippen LogP contribution in [0.15, 0.2) is 15.2 Å². The summed E-state index contributed by atoms with van der Waals surface area (Å²) < 4.78 is 1.32. The highest BCUT2D eigenvalue weighted by molar-refractivity contribution is 9.10. The topological polar surface area (TPSA) is 12.0 Å². The van der Waals surface area contributed by atoms with Crippen LogP contribution in [0.2, 0.25) is 0 Å². The Labute approximate surface area is 111 Å². The van der Waals surface area contributed by atoms with Gasteiger partial charge in [-0.25, -0.2) is 0 Å². The number of rotatable bonds is 5. The zero-order valence-corrected chi connectivity index (χ0v) is 12.4. The molecule has 0 amide bonds. The molecule has 1 aliphatic carbocycles. The Bertz CT molecular complexity index is 334. The van der Waals surface area contributed by atoms with Crippen molar-refractivity contribution < 1.29 is 0 Å². The van der Waals surface area contributed by atoms with Crippen molar-refractivity contribution in [3.63, 3.8) is 0 Å². The highest BCUT2D eigenvalue weighted by atomic mass is 79.9. The molecule has 0 saturated heterocycles. The molecule has 0 aliphatic heterocycles. The van der Waals surface area contributed by atoms with Gasteiger partial charge in [-0.2, -0.15) is 11.3 Å². The second kappa shape index (κ2) is 5.65. The average molecular weight is 302 g/mol. The average Bonchev–Trinajstić information content (AvgIpc) is 2.58. The van der Waals surface area contributed by atoms with Gasteiger partial charge < -0.3 is 5.32 Å². The van der Waals surface area contributed by atoms with Crippen LogP contribution < -0.4 is 5.32 Å². The number of hydrogen-bond donors (Lipinski definition) is 1. The Hall–Kier alpha value is 0.140. The summed E-state index contributed by atoms with van der Waals surface area (Å²) in [5.41, 5.74) is 1.53. The number of nitrogens with one attached hydrogen (secondary N) is 1. The lowest BCUT2D eigenvalue weighted by molar-refractivity contribution is 0.243. The monoisotopic (exact) mass is 301 g/mol. The van der Waals surface area contributed by atoms with Gasteiger partial charge in [-0.3, -0.25) is 0 Å². The smallest absolute Gasteiger partial charge is 0.0317 e. The van der Waals surface area contributed by atoms with E-state index < -0.39 is 0 Å². The van der Waals surface area contributed by atoms with Gasteiger partial charge in [-0.15, -0.1) is 0 Å². The Balaban J connectivity index is 1.82. The van der Waals surface area contributed by atoms with Gasteiger partial charge in [0.1, 0.15) is 0 Å². The van der Waals surface area contributed by atoms with Crippen LogP contribution in [0, 0.1) is 11.8 Å². The van der Waals surface area contributed by atoms with Crippen LogP contribution in [-0.2, 0) is 0 Å². The van der Waals surface area contributed by atoms with Crippen molar-refractivity contribution >= 4 is 27.3 Å². The molecule has 1 aromatic rings. The summed E-state index contributed by atoms with van der Waals surface area (Å²) in [5.74, 6) is 2.40. The van der Waals surface area contributed by atoms with E-state index in [0.717, 1.165) is 24.3 Å². The molecule has 1 N–H and O–H groups in total. The molecule has 1 heterocycles. The molecular weight excluding hydrogens is 282 g/mol. The molecule has 1 nitrogen and oxygen atoms in total. The first-order valence-corrected chi connectivity index (χ1v) is 7.84. The van der Waals surface area contributed by atoms with Crippen LogP contribution in [-0.4, -0.2) is 13.1 Å². The molecule has 2 unspecified atom stereocenters. The van der Waals surface area contributed by atoms with Crippen molar-refractivity contribution in [2.75, 3.05) is 13.1 Å². The fourth-order valence-electron chi connectivity index (χ4n) is 2.34. The number of thiophene rings is 1. The first-order chi connectivity index (χ1) is 7.68. The van der Waals surface area contributed by atoms with Crippen molar-refractivity contribution in [3.05, 3.63) is 20.8 Å². The lowest BCUT2D eigenvalue weighted by atomic mass is 9.70. The molecule has 2 atom stereocenters. The summed E-state index contributed by atoms with van der Waals surface area (Å²) in [7, 11) is 0. The van der Waals surface area contributed by atoms with E-state index in [1.807, 2.05) is 11.3 Å². The van der Waals surface area contributed by atoms with Crippen LogP contribution in [0.4, 0.5) is 0 Å². The van der Waals surface area contributed by atoms with Gasteiger partial charge in [0.05, 0.1) is 0 Å². The van der Waals surface area contributed by atoms with Gasteiger partial charge in [0.25, 0.3) is 0 Å². The summed E-state index contributed by atoms with van der Waals surface area (Å²) in [4.78, 5) is 0. The first-order valence-electron chi connectivity index (χ1n) is 6.10. The molecule has 16 heavy (non-hydrogen) atoms. The highest BCUT2D eigenvalue weighted by Gasteiger charge is 2.33. The first kappa shape index (κ1) is 12.6. The lowest BCUT2D eigenvalue weighted by Gasteiger charge is -2.37. The Morgan fingerprint density at radius 1 is 1.44 bits per heavy atom. The molecule has 1 aliphatic rings. The minimum atomic E-state index is 0.756. The van der Waals surface area contributed by atoms with E-state index in [1.54, 1.807) is 0 Å². The third-order valence-electron chi connectivity index (χ3n) is 3.42. The van der Waals surface area contributed by atoms with E-state index in [4.69, 9.17) is 0 Å². The fraction of sp³-hybridized carbons (Fsp3) is 0.692. The zero-order chi connectivity index (χ0) is 11.5. The molecule has 0 radical (unpaired) electrons. The van der Waals surface area contributed by atoms with E-state index >= 15 is 0 Å². The summed E-state index contributed by atoms with van der Waals surface area (Å²) in [6, 6.07) is 0. The van der Waals surface area contributed by atoms with E-state index in [9.17, 15) is 0 Å². The molecule has 0 aromatic carbocycles. The molecule has 0 spiro atoms. The van der Waals surface area contributed by atoms with Crippen LogP contribution in [0.1, 0.15) is 38.2 Å². The van der Waals surface area contributed by atoms with Crippen molar-refractivity contribution in [1.82, 2.24) is 5.32 Å². The lowest BCUT2D eigenvalue weighted by Crippen LogP contribution is -2.35. The standard InChI is InChI=1S/C13H20BrNS/c1-9(2)5-15-6-10-3-4-11(10)12-7-16-8-13(12)14/h7-11,15H,3-6H2,1-2H3. The summed E-state index contributed by atoms with van der Waals surface area (Å²) in [6.45, 7) is 6.86. The Kier molecular flexibility index (Phi) is 4.45. The molecule has 3 heteroatoms. The Morgan fingerprint density at radius 2 is 2.25 bits per heavy atom. The van der Waals surface area contributed by atoms with E-state index in [0.29, 0.717) is 0 Å². The van der Waals surface area contributed by atoms with Gasteiger partial charge in [-0.05, 0) is 70.6 Å². The van der Waals surface area contributed by atoms with Crippen molar-refractivity contribution in [1.29, 1.82) is 0 Å². The van der Waals surface area contributed by atoms with Crippen LogP contribution in [0.5, 0.6) is 0 Å². The predicted molar refractivity (Wildman–Crippen MR) is 75.2 cm³/mol. The largest absolute Gasteiger partial charge is 0.316 e. The normalized spacial score (nSPS) is 24.8. The SMILES string of the molecule is CC(C)CNCC1CCC1c1cscc1Br. The van der Waals surface area contributed by atoms with Crippen LogP contribution in [0.25, 0.3) is 0 Å². The second-order valence-corrected chi connectivity index (χ2v) is 6.77. The third kappa shape index (κ3) is 2.88. The maximum Gasteiger partial charge on any atom is 0.0317 e. The van der Waals surface area contributed by atoms with Crippen molar-refractivity contribution in [3.8, 4) is 0 Å². The van der Waals surface area contributed by atoms with Crippen molar-refractivity contribution in [2.24, 2.45) is 11.8 Å². The fourth-order valence-corrected chi connectivity index (χ4v) is 3.99. The van der Waals surface area contributed by atoms with E-state index in [2.05, 4.69) is 45.9 Å². The van der Waals surface area contributed by atoms with Gasteiger partial charge in [-0.1, -0.05) is 13.8 Å². The molecule has 90 valence electrons. The van der Waals surface area contributed by atoms with Gasteiger partial charge >= 0.3 is 0 Å². The summed E-state index contributed by atoms with van der Waals surface area (Å²) in [5, 5.41) is 8.10. The van der Waals surface area contributed by atoms with E-state index in [-0.39, 0.29) is 0 Å². The maximum absolute atomic E-state index is 3.65. The third-order valence-corrected chi connectivity index (χ3v) is 5.17. The minimum Gasteiger partial charge on any atom is -0.316 e. The summed E-state index contributed by atoms with van der Waals surface area (Å²) >= 11 is 5.46. The number of halogens is 1. The molecule has 0 bridgehead atoms. The number of hydrogen-bond acceptors (Lipinski definition) is 2. The van der Waals surface area contributed by atoms with E-state index in [1.165, 1.54) is 29.4 Å². The minimum absolute atomic E-state index is 0.756. The zero-order valence-electron chi connectivity index (χ0n) is 10.0. The predicted octanol–water partition coefficient (Wildman–Crippen LogP) is 4.25. The van der Waals surface area contributed by atoms with Gasteiger partial charge in [0.2, 0.25) is 0 Å². The molecule has 1 fully saturated rings. The van der Waals surface area contributed by atoms with Crippen molar-refractivity contribution in [2.45, 2.75) is 32.6 Å². The van der Waals surface area contributed by atoms with Crippen LogP contribution >= 0.6 is 27.3 Å². The Morgan fingerprint density at radius 3 is 2.75 bits per heavy atom. The quantitative estimate of drug-likeness (QED) is 0.857. The molecule has 1 saturated carbocycles. The van der Waals surface area contributed by atoms with Gasteiger partial charge in [0.15, 0.2) is 0 Å². The summed E-state index contributed by atoms with van der Waals surface area (Å²) in [6.07, 6.45) is 2.75.